The fourth-order valence-electron chi connectivity index (χ4n) is 2.40. The summed E-state index contributed by atoms with van der Waals surface area (Å²) in [6.45, 7) is 9.35. The number of nitrogens with zero attached hydrogens (tertiary/aromatic N) is 1. The molecule has 1 aromatic carbocycles. The van der Waals surface area contributed by atoms with Gasteiger partial charge in [-0.05, 0) is 51.1 Å². The van der Waals surface area contributed by atoms with Crippen molar-refractivity contribution in [2.45, 2.75) is 26.8 Å². The molecule has 0 spiro atoms. The van der Waals surface area contributed by atoms with Crippen LogP contribution in [0.15, 0.2) is 30.5 Å². The average molecular weight is 290 g/mol. The molecule has 0 amide bonds. The lowest BCUT2D eigenvalue weighted by molar-refractivity contribution is 0.145. The van der Waals surface area contributed by atoms with E-state index in [-0.39, 0.29) is 0 Å². The van der Waals surface area contributed by atoms with Gasteiger partial charge in [-0.25, -0.2) is 0 Å². The van der Waals surface area contributed by atoms with Crippen LogP contribution in [-0.2, 0) is 11.3 Å². The SMILES string of the molecule is CCOCCCNCCn1ccc2cc(OCC)ccc21. The molecule has 0 aliphatic heterocycles. The summed E-state index contributed by atoms with van der Waals surface area (Å²) in [5, 5.41) is 4.69. The Balaban J connectivity index is 1.80. The minimum Gasteiger partial charge on any atom is -0.494 e. The first kappa shape index (κ1) is 15.9. The van der Waals surface area contributed by atoms with Crippen LogP contribution in [0, 0.1) is 0 Å². The topological polar surface area (TPSA) is 35.4 Å². The van der Waals surface area contributed by atoms with Crippen LogP contribution in [-0.4, -0.2) is 37.5 Å². The maximum absolute atomic E-state index is 5.54. The molecule has 0 atom stereocenters. The van der Waals surface area contributed by atoms with Crippen LogP contribution < -0.4 is 10.1 Å². The number of fused-ring (bicyclic) bond motifs is 1. The van der Waals surface area contributed by atoms with E-state index in [4.69, 9.17) is 9.47 Å². The van der Waals surface area contributed by atoms with Gasteiger partial charge in [0.15, 0.2) is 0 Å². The lowest BCUT2D eigenvalue weighted by atomic mass is 10.2. The van der Waals surface area contributed by atoms with Crippen molar-refractivity contribution in [1.82, 2.24) is 9.88 Å². The highest BCUT2D eigenvalue weighted by atomic mass is 16.5. The molecule has 0 aliphatic rings. The van der Waals surface area contributed by atoms with Gasteiger partial charge in [-0.15, -0.1) is 0 Å². The van der Waals surface area contributed by atoms with Crippen LogP contribution in [0.5, 0.6) is 5.75 Å². The smallest absolute Gasteiger partial charge is 0.120 e. The Labute approximate surface area is 127 Å². The van der Waals surface area contributed by atoms with Gasteiger partial charge in [-0.3, -0.25) is 0 Å². The van der Waals surface area contributed by atoms with E-state index in [2.05, 4.69) is 34.3 Å². The van der Waals surface area contributed by atoms with Crippen molar-refractivity contribution in [3.63, 3.8) is 0 Å². The minimum absolute atomic E-state index is 0.706. The van der Waals surface area contributed by atoms with E-state index in [1.807, 2.05) is 19.9 Å². The highest BCUT2D eigenvalue weighted by molar-refractivity contribution is 5.81. The molecule has 1 heterocycles. The molecule has 1 N–H and O–H groups in total. The van der Waals surface area contributed by atoms with Crippen molar-refractivity contribution >= 4 is 10.9 Å². The number of ether oxygens (including phenoxy) is 2. The number of aromatic nitrogens is 1. The quantitative estimate of drug-likeness (QED) is 0.683. The van der Waals surface area contributed by atoms with E-state index in [0.717, 1.165) is 45.0 Å². The Morgan fingerprint density at radius 3 is 2.81 bits per heavy atom. The zero-order chi connectivity index (χ0) is 14.9. The highest BCUT2D eigenvalue weighted by Crippen LogP contribution is 2.21. The molecule has 0 radical (unpaired) electrons. The average Bonchev–Trinajstić information content (AvgIpc) is 2.89. The molecule has 0 bridgehead atoms. The van der Waals surface area contributed by atoms with Crippen LogP contribution in [0.4, 0.5) is 0 Å². The molecule has 0 unspecified atom stereocenters. The van der Waals surface area contributed by atoms with Crippen LogP contribution in [0.25, 0.3) is 10.9 Å². The molecule has 116 valence electrons. The summed E-state index contributed by atoms with van der Waals surface area (Å²) >= 11 is 0. The zero-order valence-corrected chi connectivity index (χ0v) is 13.1. The number of benzene rings is 1. The summed E-state index contributed by atoms with van der Waals surface area (Å²) in [5.41, 5.74) is 1.26. The molecule has 2 aromatic rings. The molecule has 0 fully saturated rings. The Kier molecular flexibility index (Phi) is 6.57. The van der Waals surface area contributed by atoms with E-state index in [1.54, 1.807) is 0 Å². The van der Waals surface area contributed by atoms with Gasteiger partial charge in [0.2, 0.25) is 0 Å². The summed E-state index contributed by atoms with van der Waals surface area (Å²) in [5.74, 6) is 0.941. The Hall–Kier alpha value is -1.52. The molecule has 21 heavy (non-hydrogen) atoms. The molecule has 4 heteroatoms. The van der Waals surface area contributed by atoms with E-state index in [9.17, 15) is 0 Å². The summed E-state index contributed by atoms with van der Waals surface area (Å²) < 4.78 is 13.1. The third-order valence-corrected chi connectivity index (χ3v) is 3.43. The molecule has 1 aromatic heterocycles. The van der Waals surface area contributed by atoms with Gasteiger partial charge in [0.1, 0.15) is 5.75 Å². The van der Waals surface area contributed by atoms with Crippen LogP contribution >= 0.6 is 0 Å². The summed E-state index contributed by atoms with van der Waals surface area (Å²) in [6.07, 6.45) is 3.21. The normalized spacial score (nSPS) is 11.1. The summed E-state index contributed by atoms with van der Waals surface area (Å²) in [6, 6.07) is 8.42. The minimum atomic E-state index is 0.706. The second kappa shape index (κ2) is 8.70. The van der Waals surface area contributed by atoms with Gasteiger partial charge in [0.25, 0.3) is 0 Å². The Morgan fingerprint density at radius 2 is 2.00 bits per heavy atom. The summed E-state index contributed by atoms with van der Waals surface area (Å²) in [4.78, 5) is 0. The van der Waals surface area contributed by atoms with Crippen LogP contribution in [0.2, 0.25) is 0 Å². The first-order chi connectivity index (χ1) is 10.3. The van der Waals surface area contributed by atoms with Crippen molar-refractivity contribution in [3.05, 3.63) is 30.5 Å². The van der Waals surface area contributed by atoms with E-state index >= 15 is 0 Å². The Morgan fingerprint density at radius 1 is 1.10 bits per heavy atom. The number of hydrogen-bond donors (Lipinski definition) is 1. The predicted molar refractivity (Wildman–Crippen MR) is 87.1 cm³/mol. The largest absolute Gasteiger partial charge is 0.494 e. The van der Waals surface area contributed by atoms with Crippen molar-refractivity contribution < 1.29 is 9.47 Å². The van der Waals surface area contributed by atoms with Crippen molar-refractivity contribution in [2.24, 2.45) is 0 Å². The van der Waals surface area contributed by atoms with Gasteiger partial charge < -0.3 is 19.4 Å². The maximum Gasteiger partial charge on any atom is 0.120 e. The number of rotatable bonds is 10. The lowest BCUT2D eigenvalue weighted by Gasteiger charge is -2.08. The second-order valence-corrected chi connectivity index (χ2v) is 4.96. The molecule has 2 rings (SSSR count). The molecule has 0 aliphatic carbocycles. The standard InChI is InChI=1S/C17H26N2O2/c1-3-20-13-5-9-18-10-12-19-11-8-15-14-16(21-4-2)6-7-17(15)19/h6-8,11,14,18H,3-5,9-10,12-13H2,1-2H3. The lowest BCUT2D eigenvalue weighted by Crippen LogP contribution is -2.21. The van der Waals surface area contributed by atoms with E-state index < -0.39 is 0 Å². The molecule has 0 saturated heterocycles. The fraction of sp³-hybridized carbons (Fsp3) is 0.529. The summed E-state index contributed by atoms with van der Waals surface area (Å²) in [7, 11) is 0. The number of hydrogen-bond acceptors (Lipinski definition) is 3. The van der Waals surface area contributed by atoms with E-state index in [0.29, 0.717) is 6.61 Å². The molecule has 4 nitrogen and oxygen atoms in total. The second-order valence-electron chi connectivity index (χ2n) is 4.96. The van der Waals surface area contributed by atoms with Gasteiger partial charge >= 0.3 is 0 Å². The van der Waals surface area contributed by atoms with E-state index in [1.165, 1.54) is 10.9 Å². The van der Waals surface area contributed by atoms with Crippen molar-refractivity contribution in [3.8, 4) is 5.75 Å². The zero-order valence-electron chi connectivity index (χ0n) is 13.1. The predicted octanol–water partition coefficient (Wildman–Crippen LogP) is 3.06. The van der Waals surface area contributed by atoms with Gasteiger partial charge in [0, 0.05) is 43.4 Å². The van der Waals surface area contributed by atoms with Crippen molar-refractivity contribution in [2.75, 3.05) is 32.9 Å². The highest BCUT2D eigenvalue weighted by Gasteiger charge is 2.02. The maximum atomic E-state index is 5.54. The Bertz CT molecular complexity index is 537. The molecular formula is C17H26N2O2. The van der Waals surface area contributed by atoms with Gasteiger partial charge in [0.05, 0.1) is 6.61 Å². The number of nitrogens with one attached hydrogen (secondary N) is 1. The molecule has 0 saturated carbocycles. The third kappa shape index (κ3) is 4.76. The van der Waals surface area contributed by atoms with Crippen molar-refractivity contribution in [1.29, 1.82) is 0 Å². The van der Waals surface area contributed by atoms with Crippen LogP contribution in [0.3, 0.4) is 0 Å². The third-order valence-electron chi connectivity index (χ3n) is 3.43. The fourth-order valence-corrected chi connectivity index (χ4v) is 2.40. The first-order valence-electron chi connectivity index (χ1n) is 7.85. The van der Waals surface area contributed by atoms with Gasteiger partial charge in [-0.2, -0.15) is 0 Å². The monoisotopic (exact) mass is 290 g/mol. The molecular weight excluding hydrogens is 264 g/mol. The van der Waals surface area contributed by atoms with Crippen LogP contribution in [0.1, 0.15) is 20.3 Å². The first-order valence-corrected chi connectivity index (χ1v) is 7.85. The van der Waals surface area contributed by atoms with Gasteiger partial charge in [-0.1, -0.05) is 0 Å².